The number of anilines is 1. The van der Waals surface area contributed by atoms with Gasteiger partial charge in [-0.3, -0.25) is 5.01 Å². The molecule has 0 spiro atoms. The first-order valence-corrected chi connectivity index (χ1v) is 5.54. The highest BCUT2D eigenvalue weighted by atomic mass is 35.5. The van der Waals surface area contributed by atoms with Crippen LogP contribution < -0.4 is 10.7 Å². The van der Waals surface area contributed by atoms with E-state index in [0.717, 1.165) is 0 Å². The van der Waals surface area contributed by atoms with Crippen LogP contribution in [0.25, 0.3) is 5.52 Å². The van der Waals surface area contributed by atoms with E-state index < -0.39 is 0 Å². The summed E-state index contributed by atoms with van der Waals surface area (Å²) in [5.74, 6) is 0.442. The largest absolute Gasteiger partial charge is 0.394 e. The smallest absolute Gasteiger partial charge is 0.145 e. The molecule has 4 N–H and O–H groups in total. The number of nitrogens with two attached hydrogens (primary N) is 1. The van der Waals surface area contributed by atoms with Crippen LogP contribution in [0.15, 0.2) is 12.3 Å². The lowest BCUT2D eigenvalue weighted by molar-refractivity contribution is 0.258. The van der Waals surface area contributed by atoms with Crippen molar-refractivity contribution >= 4 is 22.9 Å². The Morgan fingerprint density at radius 1 is 1.35 bits per heavy atom. The lowest BCUT2D eigenvalue weighted by Crippen LogP contribution is -2.42. The van der Waals surface area contributed by atoms with Gasteiger partial charge in [0.15, 0.2) is 0 Å². The van der Waals surface area contributed by atoms with E-state index in [0.29, 0.717) is 29.4 Å². The highest BCUT2D eigenvalue weighted by Gasteiger charge is 2.15. The first kappa shape index (κ1) is 12.0. The van der Waals surface area contributed by atoms with E-state index in [1.165, 1.54) is 10.8 Å². The van der Waals surface area contributed by atoms with Crippen LogP contribution in [-0.4, -0.2) is 51.0 Å². The second kappa shape index (κ2) is 4.82. The molecule has 2 rings (SSSR count). The molecule has 0 aromatic carbocycles. The molecule has 0 bridgehead atoms. The monoisotopic (exact) mass is 259 g/mol. The third-order valence-corrected chi connectivity index (χ3v) is 2.71. The summed E-state index contributed by atoms with van der Waals surface area (Å²) >= 11 is 5.95. The molecule has 0 aliphatic rings. The molecular weight excluding hydrogens is 246 g/mol. The summed E-state index contributed by atoms with van der Waals surface area (Å²) in [6.45, 7) is 0.584. The minimum absolute atomic E-state index is 0.0475. The molecule has 7 nitrogen and oxygen atoms in total. The van der Waals surface area contributed by atoms with Crippen molar-refractivity contribution in [1.82, 2.24) is 14.5 Å². The molecule has 0 amide bonds. The molecule has 2 aromatic rings. The van der Waals surface area contributed by atoms with Gasteiger partial charge in [0.2, 0.25) is 0 Å². The first-order chi connectivity index (χ1) is 8.19. The lowest BCUT2D eigenvalue weighted by Gasteiger charge is -2.25. The average molecular weight is 260 g/mol. The van der Waals surface area contributed by atoms with Crippen LogP contribution in [0.5, 0.6) is 0 Å². The first-order valence-electron chi connectivity index (χ1n) is 5.16. The molecule has 17 heavy (non-hydrogen) atoms. The minimum Gasteiger partial charge on any atom is -0.394 e. The van der Waals surface area contributed by atoms with E-state index in [4.69, 9.17) is 27.5 Å². The predicted octanol–water partition coefficient (Wildman–Crippen LogP) is -0.706. The number of hydrogen-bond acceptors (Lipinski definition) is 5. The standard InChI is InChI=1S/C9H14ClN5O2/c10-7-6-12-14-8(7)5-9(11)15(14)13(1-3-16)2-4-17/h5-6,16-17H,1-4,11H2. The van der Waals surface area contributed by atoms with Crippen molar-refractivity contribution < 1.29 is 10.2 Å². The fourth-order valence-corrected chi connectivity index (χ4v) is 1.90. The Morgan fingerprint density at radius 3 is 2.59 bits per heavy atom. The van der Waals surface area contributed by atoms with Gasteiger partial charge >= 0.3 is 0 Å². The minimum atomic E-state index is -0.0475. The molecule has 0 radical (unpaired) electrons. The van der Waals surface area contributed by atoms with Crippen molar-refractivity contribution in [2.45, 2.75) is 0 Å². The van der Waals surface area contributed by atoms with Gasteiger partial charge in [-0.2, -0.15) is 9.89 Å². The van der Waals surface area contributed by atoms with Crippen LogP contribution in [0.1, 0.15) is 0 Å². The third-order valence-electron chi connectivity index (χ3n) is 2.42. The molecule has 0 unspecified atom stereocenters. The van der Waals surface area contributed by atoms with Crippen molar-refractivity contribution in [3.8, 4) is 0 Å². The lowest BCUT2D eigenvalue weighted by atomic mass is 10.5. The molecule has 0 aliphatic carbocycles. The Bertz CT molecular complexity index is 503. The van der Waals surface area contributed by atoms with Gasteiger partial charge in [0.25, 0.3) is 0 Å². The maximum absolute atomic E-state index is 9.00. The SMILES string of the molecule is Nc1cc2c(Cl)cnn2n1N(CCO)CCO. The van der Waals surface area contributed by atoms with Crippen molar-refractivity contribution in [2.75, 3.05) is 37.0 Å². The van der Waals surface area contributed by atoms with Crippen LogP contribution in [0, 0.1) is 0 Å². The van der Waals surface area contributed by atoms with E-state index in [1.54, 1.807) is 15.9 Å². The zero-order valence-corrected chi connectivity index (χ0v) is 9.88. The normalized spacial score (nSPS) is 11.2. The second-order valence-electron chi connectivity index (χ2n) is 3.53. The van der Waals surface area contributed by atoms with E-state index >= 15 is 0 Å². The summed E-state index contributed by atoms with van der Waals surface area (Å²) in [5, 5.41) is 24.3. The summed E-state index contributed by atoms with van der Waals surface area (Å²) in [4.78, 5) is 1.58. The summed E-state index contributed by atoms with van der Waals surface area (Å²) in [6, 6.07) is 1.69. The predicted molar refractivity (Wildman–Crippen MR) is 64.7 cm³/mol. The average Bonchev–Trinajstić information content (AvgIpc) is 2.79. The molecule has 0 fully saturated rings. The molecule has 0 aliphatic heterocycles. The zero-order valence-electron chi connectivity index (χ0n) is 9.12. The Labute approximate surface area is 103 Å². The number of rotatable bonds is 5. The molecule has 2 heterocycles. The van der Waals surface area contributed by atoms with Crippen molar-refractivity contribution in [1.29, 1.82) is 0 Å². The van der Waals surface area contributed by atoms with Crippen LogP contribution in [0.2, 0.25) is 5.02 Å². The third kappa shape index (κ3) is 2.04. The quantitative estimate of drug-likeness (QED) is 0.660. The van der Waals surface area contributed by atoms with Gasteiger partial charge in [-0.15, -0.1) is 4.63 Å². The number of fused-ring (bicyclic) bond motifs is 1. The second-order valence-corrected chi connectivity index (χ2v) is 3.93. The molecule has 8 heteroatoms. The van der Waals surface area contributed by atoms with Gasteiger partial charge < -0.3 is 15.9 Å². The van der Waals surface area contributed by atoms with Crippen molar-refractivity contribution in [3.05, 3.63) is 17.3 Å². The maximum atomic E-state index is 9.00. The van der Waals surface area contributed by atoms with Gasteiger partial charge in [0.1, 0.15) is 11.3 Å². The van der Waals surface area contributed by atoms with Gasteiger partial charge in [0.05, 0.1) is 37.5 Å². The summed E-state index contributed by atoms with van der Waals surface area (Å²) in [6.07, 6.45) is 1.52. The fourth-order valence-electron chi connectivity index (χ4n) is 1.73. The van der Waals surface area contributed by atoms with Crippen molar-refractivity contribution in [3.63, 3.8) is 0 Å². The Kier molecular flexibility index (Phi) is 3.41. The van der Waals surface area contributed by atoms with E-state index in [9.17, 15) is 0 Å². The van der Waals surface area contributed by atoms with E-state index in [2.05, 4.69) is 5.10 Å². The highest BCUT2D eigenvalue weighted by molar-refractivity contribution is 6.33. The van der Waals surface area contributed by atoms with Gasteiger partial charge in [0, 0.05) is 6.07 Å². The molecule has 2 aromatic heterocycles. The van der Waals surface area contributed by atoms with E-state index in [-0.39, 0.29) is 13.2 Å². The van der Waals surface area contributed by atoms with Gasteiger partial charge in [-0.05, 0) is 0 Å². The fraction of sp³-hybridized carbons (Fsp3) is 0.444. The highest BCUT2D eigenvalue weighted by Crippen LogP contribution is 2.20. The number of halogens is 1. The summed E-state index contributed by atoms with van der Waals surface area (Å²) in [5.41, 5.74) is 6.55. The Balaban J connectivity index is 2.47. The molecule has 0 saturated carbocycles. The number of aliphatic hydroxyl groups excluding tert-OH is 2. The van der Waals surface area contributed by atoms with Crippen LogP contribution in [0.4, 0.5) is 5.82 Å². The summed E-state index contributed by atoms with van der Waals surface area (Å²) < 4.78 is 1.53. The summed E-state index contributed by atoms with van der Waals surface area (Å²) in [7, 11) is 0. The van der Waals surface area contributed by atoms with Gasteiger partial charge in [-0.1, -0.05) is 11.6 Å². The van der Waals surface area contributed by atoms with Crippen LogP contribution in [0.3, 0.4) is 0 Å². The number of aliphatic hydroxyl groups is 2. The molecular formula is C9H14ClN5O2. The van der Waals surface area contributed by atoms with Crippen LogP contribution >= 0.6 is 11.6 Å². The zero-order chi connectivity index (χ0) is 12.4. The maximum Gasteiger partial charge on any atom is 0.145 e. The number of nitrogens with zero attached hydrogens (tertiary/aromatic N) is 4. The number of aromatic nitrogens is 3. The molecule has 94 valence electrons. The van der Waals surface area contributed by atoms with Crippen molar-refractivity contribution in [2.24, 2.45) is 0 Å². The topological polar surface area (TPSA) is 92.0 Å². The molecule has 0 atom stereocenters. The Hall–Kier alpha value is -1.44. The van der Waals surface area contributed by atoms with E-state index in [1.807, 2.05) is 0 Å². The molecule has 0 saturated heterocycles. The van der Waals surface area contributed by atoms with Crippen LogP contribution in [-0.2, 0) is 0 Å². The number of nitrogen functional groups attached to an aromatic ring is 1. The van der Waals surface area contributed by atoms with Gasteiger partial charge in [-0.25, -0.2) is 0 Å². The Morgan fingerprint density at radius 2 is 2.00 bits per heavy atom. The number of hydrogen-bond donors (Lipinski definition) is 3.